The maximum Gasteiger partial charge on any atom is 0.227 e. The van der Waals surface area contributed by atoms with Crippen LogP contribution in [0.5, 0.6) is 0 Å². The van der Waals surface area contributed by atoms with Crippen LogP contribution in [0.4, 0.5) is 10.3 Å². The molecule has 1 aliphatic carbocycles. The Kier molecular flexibility index (Phi) is 4.63. The van der Waals surface area contributed by atoms with Crippen molar-refractivity contribution in [3.05, 3.63) is 77.0 Å². The molecule has 1 atom stereocenters. The molecule has 1 unspecified atom stereocenters. The van der Waals surface area contributed by atoms with Gasteiger partial charge in [-0.05, 0) is 36.6 Å². The van der Waals surface area contributed by atoms with Gasteiger partial charge in [-0.25, -0.2) is 9.07 Å². The Bertz CT molecular complexity index is 1110. The summed E-state index contributed by atoms with van der Waals surface area (Å²) in [5, 5.41) is 8.46. The highest BCUT2D eigenvalue weighted by molar-refractivity contribution is 7.98. The number of aromatic nitrogens is 4. The normalized spacial score (nSPS) is 18.2. The second kappa shape index (κ2) is 7.44. The van der Waals surface area contributed by atoms with Gasteiger partial charge in [0.15, 0.2) is 5.78 Å². The van der Waals surface area contributed by atoms with E-state index in [9.17, 15) is 9.18 Å². The summed E-state index contributed by atoms with van der Waals surface area (Å²) in [7, 11) is 0. The van der Waals surface area contributed by atoms with Gasteiger partial charge in [0.2, 0.25) is 11.1 Å². The summed E-state index contributed by atoms with van der Waals surface area (Å²) >= 11 is 1.37. The van der Waals surface area contributed by atoms with Gasteiger partial charge in [-0.2, -0.15) is 4.98 Å². The number of anilines is 1. The van der Waals surface area contributed by atoms with Gasteiger partial charge >= 0.3 is 0 Å². The van der Waals surface area contributed by atoms with Crippen LogP contribution >= 0.6 is 11.8 Å². The molecule has 3 heterocycles. The lowest BCUT2D eigenvalue weighted by molar-refractivity contribution is -0.116. The van der Waals surface area contributed by atoms with Crippen LogP contribution in [0.3, 0.4) is 0 Å². The predicted octanol–water partition coefficient (Wildman–Crippen LogP) is 4.13. The van der Waals surface area contributed by atoms with Gasteiger partial charge in [-0.3, -0.25) is 9.78 Å². The van der Waals surface area contributed by atoms with Gasteiger partial charge in [0.25, 0.3) is 0 Å². The maximum atomic E-state index is 13.9. The van der Waals surface area contributed by atoms with Crippen LogP contribution < -0.4 is 5.32 Å². The van der Waals surface area contributed by atoms with E-state index in [1.54, 1.807) is 23.0 Å². The minimum atomic E-state index is -0.398. The smallest absolute Gasteiger partial charge is 0.227 e. The molecule has 0 spiro atoms. The molecule has 0 saturated carbocycles. The summed E-state index contributed by atoms with van der Waals surface area (Å²) in [6.07, 6.45) is 3.87. The van der Waals surface area contributed by atoms with Crippen LogP contribution in [0, 0.1) is 5.82 Å². The summed E-state index contributed by atoms with van der Waals surface area (Å²) < 4.78 is 15.7. The zero-order chi connectivity index (χ0) is 19.8. The summed E-state index contributed by atoms with van der Waals surface area (Å²) in [5.74, 6) is 0.897. The summed E-state index contributed by atoms with van der Waals surface area (Å²) in [4.78, 5) is 21.8. The minimum Gasteiger partial charge on any atom is -0.328 e. The van der Waals surface area contributed by atoms with Gasteiger partial charge in [-0.1, -0.05) is 36.0 Å². The average Bonchev–Trinajstić information content (AvgIpc) is 3.15. The monoisotopic (exact) mass is 407 g/mol. The number of allylic oxidation sites excluding steroid dienone is 2. The molecule has 3 aromatic rings. The number of ketones is 1. The molecular weight excluding hydrogens is 389 g/mol. The van der Waals surface area contributed by atoms with E-state index in [2.05, 4.69) is 20.4 Å². The number of hydrogen-bond donors (Lipinski definition) is 1. The molecule has 0 amide bonds. The third-order valence-corrected chi connectivity index (χ3v) is 6.02. The number of fused-ring (bicyclic) bond motifs is 1. The number of pyridine rings is 1. The van der Waals surface area contributed by atoms with E-state index >= 15 is 0 Å². The van der Waals surface area contributed by atoms with Crippen LogP contribution in [0.2, 0.25) is 0 Å². The SMILES string of the molecule is O=C1CCCC2=C1C(c1ccccn1)n1nc(SCc3ccccc3F)nc1N2. The van der Waals surface area contributed by atoms with Crippen molar-refractivity contribution in [3.8, 4) is 0 Å². The molecule has 2 aliphatic rings. The first-order valence-corrected chi connectivity index (χ1v) is 10.5. The quantitative estimate of drug-likeness (QED) is 0.656. The predicted molar refractivity (Wildman–Crippen MR) is 108 cm³/mol. The number of carbonyl (C=O) groups is 1. The first-order chi connectivity index (χ1) is 14.2. The van der Waals surface area contributed by atoms with Crippen molar-refractivity contribution in [1.82, 2.24) is 19.7 Å². The van der Waals surface area contributed by atoms with E-state index in [0.717, 1.165) is 29.8 Å². The Balaban J connectivity index is 1.50. The Labute approximate surface area is 171 Å². The van der Waals surface area contributed by atoms with Crippen LogP contribution in [0.1, 0.15) is 36.6 Å². The third-order valence-electron chi connectivity index (χ3n) is 5.13. The fourth-order valence-electron chi connectivity index (χ4n) is 3.77. The Morgan fingerprint density at radius 2 is 2.03 bits per heavy atom. The lowest BCUT2D eigenvalue weighted by Crippen LogP contribution is -2.32. The molecule has 1 aromatic carbocycles. The zero-order valence-electron chi connectivity index (χ0n) is 15.5. The number of thioether (sulfide) groups is 1. The first kappa shape index (κ1) is 18.1. The lowest BCUT2D eigenvalue weighted by atomic mass is 9.87. The van der Waals surface area contributed by atoms with Crippen molar-refractivity contribution in [2.75, 3.05) is 5.32 Å². The number of benzene rings is 1. The van der Waals surface area contributed by atoms with Gasteiger partial charge in [-0.15, -0.1) is 5.10 Å². The van der Waals surface area contributed by atoms with Crippen LogP contribution in [-0.4, -0.2) is 25.5 Å². The van der Waals surface area contributed by atoms with E-state index < -0.39 is 6.04 Å². The van der Waals surface area contributed by atoms with Crippen molar-refractivity contribution in [2.45, 2.75) is 36.2 Å². The molecule has 6 nitrogen and oxygen atoms in total. The molecule has 1 N–H and O–H groups in total. The molecule has 1 aliphatic heterocycles. The summed E-state index contributed by atoms with van der Waals surface area (Å²) in [6.45, 7) is 0. The standard InChI is InChI=1S/C21H18FN5OS/c22-14-7-2-1-6-13(14)12-29-21-25-20-24-15-9-5-10-17(28)18(15)19(27(20)26-21)16-8-3-4-11-23-16/h1-4,6-8,11,19H,5,9-10,12H2,(H,24,25,26). The number of nitrogens with one attached hydrogen (secondary N) is 1. The number of Topliss-reactive ketones (excluding diaryl/α,β-unsaturated/α-hetero) is 1. The van der Waals surface area contributed by atoms with Gasteiger partial charge < -0.3 is 5.32 Å². The van der Waals surface area contributed by atoms with E-state index in [1.807, 2.05) is 24.3 Å². The molecule has 0 saturated heterocycles. The Morgan fingerprint density at radius 3 is 2.86 bits per heavy atom. The molecule has 8 heteroatoms. The molecular formula is C21H18FN5OS. The van der Waals surface area contributed by atoms with Crippen molar-refractivity contribution in [1.29, 1.82) is 0 Å². The van der Waals surface area contributed by atoms with Gasteiger partial charge in [0.05, 0.1) is 5.69 Å². The molecule has 0 bridgehead atoms. The zero-order valence-corrected chi connectivity index (χ0v) is 16.3. The highest BCUT2D eigenvalue weighted by atomic mass is 32.2. The second-order valence-electron chi connectivity index (χ2n) is 6.99. The van der Waals surface area contributed by atoms with Crippen LogP contribution in [-0.2, 0) is 10.5 Å². The fourth-order valence-corrected chi connectivity index (χ4v) is 4.58. The third kappa shape index (κ3) is 3.33. The van der Waals surface area contributed by atoms with E-state index in [4.69, 9.17) is 0 Å². The number of carbonyl (C=O) groups excluding carboxylic acids is 1. The van der Waals surface area contributed by atoms with Crippen molar-refractivity contribution in [2.24, 2.45) is 0 Å². The minimum absolute atomic E-state index is 0.121. The molecule has 2 aromatic heterocycles. The van der Waals surface area contributed by atoms with Crippen molar-refractivity contribution in [3.63, 3.8) is 0 Å². The number of rotatable bonds is 4. The van der Waals surface area contributed by atoms with Crippen LogP contribution in [0.25, 0.3) is 0 Å². The highest BCUT2D eigenvalue weighted by Crippen LogP contribution is 2.40. The molecule has 0 fully saturated rings. The summed E-state index contributed by atoms with van der Waals surface area (Å²) in [5.41, 5.74) is 2.99. The largest absolute Gasteiger partial charge is 0.328 e. The van der Waals surface area contributed by atoms with E-state index in [0.29, 0.717) is 28.8 Å². The topological polar surface area (TPSA) is 72.7 Å². The number of hydrogen-bond acceptors (Lipinski definition) is 6. The van der Waals surface area contributed by atoms with Gasteiger partial charge in [0.1, 0.15) is 11.9 Å². The molecule has 5 rings (SSSR count). The maximum absolute atomic E-state index is 13.9. The first-order valence-electron chi connectivity index (χ1n) is 9.47. The van der Waals surface area contributed by atoms with Gasteiger partial charge in [0, 0.05) is 29.6 Å². The van der Waals surface area contributed by atoms with Crippen molar-refractivity contribution >= 4 is 23.5 Å². The Hall–Kier alpha value is -3.00. The lowest BCUT2D eigenvalue weighted by Gasteiger charge is -2.31. The molecule has 0 radical (unpaired) electrons. The van der Waals surface area contributed by atoms with Crippen molar-refractivity contribution < 1.29 is 9.18 Å². The second-order valence-corrected chi connectivity index (χ2v) is 7.94. The van der Waals surface area contributed by atoms with Crippen LogP contribution in [0.15, 0.2) is 65.1 Å². The average molecular weight is 407 g/mol. The number of nitrogens with zero attached hydrogens (tertiary/aromatic N) is 4. The van der Waals surface area contributed by atoms with E-state index in [-0.39, 0.29) is 11.6 Å². The highest BCUT2D eigenvalue weighted by Gasteiger charge is 2.37. The van der Waals surface area contributed by atoms with E-state index in [1.165, 1.54) is 17.8 Å². The Morgan fingerprint density at radius 1 is 1.17 bits per heavy atom. The summed E-state index contributed by atoms with van der Waals surface area (Å²) in [6, 6.07) is 11.9. The molecule has 29 heavy (non-hydrogen) atoms. The molecule has 146 valence electrons. The fraction of sp³-hybridized carbons (Fsp3) is 0.238. The number of halogens is 1.